The van der Waals surface area contributed by atoms with Gasteiger partial charge in [0, 0.05) is 35.5 Å². The van der Waals surface area contributed by atoms with Crippen LogP contribution in [0.25, 0.3) is 0 Å². The topological polar surface area (TPSA) is 130 Å². The Bertz CT molecular complexity index is 864. The monoisotopic (exact) mass is 500 g/mol. The molecule has 0 bridgehead atoms. The molecule has 9 nitrogen and oxygen atoms in total. The van der Waals surface area contributed by atoms with Gasteiger partial charge in [0.15, 0.2) is 0 Å². The molecule has 0 aliphatic heterocycles. The van der Waals surface area contributed by atoms with Gasteiger partial charge in [-0.15, -0.1) is 0 Å². The van der Waals surface area contributed by atoms with E-state index in [1.165, 1.54) is 19.4 Å². The summed E-state index contributed by atoms with van der Waals surface area (Å²) in [5.41, 5.74) is -0.00533. The number of hydrogen-bond acceptors (Lipinski definition) is 7. The Labute approximate surface area is 203 Å². The maximum Gasteiger partial charge on any atom is 0.407 e. The van der Waals surface area contributed by atoms with Gasteiger partial charge < -0.3 is 30.8 Å². The van der Waals surface area contributed by atoms with Crippen LogP contribution in [0.4, 0.5) is 4.79 Å². The Morgan fingerprint density at radius 2 is 1.76 bits per heavy atom. The van der Waals surface area contributed by atoms with E-state index in [9.17, 15) is 14.4 Å². The third kappa shape index (κ3) is 11.6. The van der Waals surface area contributed by atoms with Gasteiger partial charge in [0.2, 0.25) is 0 Å². The molecule has 0 saturated heterocycles. The summed E-state index contributed by atoms with van der Waals surface area (Å²) in [7, 11) is 1.25. The van der Waals surface area contributed by atoms with Gasteiger partial charge in [-0.05, 0) is 51.0 Å². The van der Waals surface area contributed by atoms with Gasteiger partial charge in [-0.3, -0.25) is 9.59 Å². The van der Waals surface area contributed by atoms with Crippen molar-refractivity contribution in [2.75, 3.05) is 20.2 Å². The molecule has 2 amide bonds. The van der Waals surface area contributed by atoms with Gasteiger partial charge in [-0.1, -0.05) is 23.2 Å². The summed E-state index contributed by atoms with van der Waals surface area (Å²) in [5, 5.41) is 16.5. The predicted molar refractivity (Wildman–Crippen MR) is 128 cm³/mol. The van der Waals surface area contributed by atoms with Crippen molar-refractivity contribution >= 4 is 47.4 Å². The number of ether oxygens (including phenoxy) is 2. The van der Waals surface area contributed by atoms with E-state index in [2.05, 4.69) is 16.0 Å². The normalized spacial score (nSPS) is 12.4. The van der Waals surface area contributed by atoms with Gasteiger partial charge in [0.05, 0.1) is 25.1 Å². The van der Waals surface area contributed by atoms with E-state index in [4.69, 9.17) is 38.1 Å². The van der Waals surface area contributed by atoms with E-state index in [1.807, 2.05) is 0 Å². The van der Waals surface area contributed by atoms with Crippen LogP contribution >= 0.6 is 23.2 Å². The summed E-state index contributed by atoms with van der Waals surface area (Å²) in [6.07, 6.45) is 2.19. The maximum absolute atomic E-state index is 12.7. The smallest absolute Gasteiger partial charge is 0.407 e. The van der Waals surface area contributed by atoms with Crippen molar-refractivity contribution in [3.05, 3.63) is 45.6 Å². The van der Waals surface area contributed by atoms with Gasteiger partial charge in [-0.2, -0.15) is 0 Å². The fraction of sp³-hybridized carbons (Fsp3) is 0.455. The number of hydrogen-bond donors (Lipinski definition) is 4. The number of halogens is 2. The second-order valence-corrected chi connectivity index (χ2v) is 8.86. The zero-order chi connectivity index (χ0) is 25.0. The van der Waals surface area contributed by atoms with Crippen molar-refractivity contribution in [2.24, 2.45) is 0 Å². The van der Waals surface area contributed by atoms with Crippen molar-refractivity contribution in [2.45, 2.75) is 45.3 Å². The summed E-state index contributed by atoms with van der Waals surface area (Å²) in [6, 6.07) is 3.95. The Kier molecular flexibility index (Phi) is 11.7. The largest absolute Gasteiger partial charge is 0.469 e. The molecule has 0 spiro atoms. The molecule has 0 saturated carbocycles. The quantitative estimate of drug-likeness (QED) is 0.158. The molecule has 1 aromatic carbocycles. The SMILES string of the molecule is COC(=O)C[C@H](NC(=O)/C(C=N)=C/NCCCNC(=O)OC(C)(C)C)c1cc(Cl)cc(Cl)c1. The van der Waals surface area contributed by atoms with Crippen molar-refractivity contribution in [1.29, 1.82) is 5.41 Å². The molecule has 4 N–H and O–H groups in total. The number of benzene rings is 1. The third-order valence-corrected chi connectivity index (χ3v) is 4.47. The summed E-state index contributed by atoms with van der Waals surface area (Å²) >= 11 is 12.1. The van der Waals surface area contributed by atoms with Crippen LogP contribution in [-0.4, -0.2) is 50.0 Å². The lowest BCUT2D eigenvalue weighted by atomic mass is 10.0. The van der Waals surface area contributed by atoms with E-state index in [0.29, 0.717) is 35.1 Å². The molecule has 0 aliphatic rings. The van der Waals surface area contributed by atoms with Crippen molar-refractivity contribution in [1.82, 2.24) is 16.0 Å². The maximum atomic E-state index is 12.7. The standard InChI is InChI=1S/C22H30Cl2N4O5/c1-22(2,3)33-21(31)27-7-5-6-26-13-15(12-25)20(30)28-18(11-19(29)32-4)14-8-16(23)10-17(24)9-14/h8-10,12-13,18,25-26H,5-7,11H2,1-4H3,(H,27,31)(H,28,30)/b15-13+,25-12?/t18-/m0/s1. The molecule has 182 valence electrons. The number of esters is 1. The van der Waals surface area contributed by atoms with Gasteiger partial charge >= 0.3 is 12.1 Å². The molecule has 11 heteroatoms. The lowest BCUT2D eigenvalue weighted by molar-refractivity contribution is -0.141. The predicted octanol–water partition coefficient (Wildman–Crippen LogP) is 3.75. The molecular weight excluding hydrogens is 471 g/mol. The fourth-order valence-electron chi connectivity index (χ4n) is 2.57. The Morgan fingerprint density at radius 1 is 1.12 bits per heavy atom. The van der Waals surface area contributed by atoms with Crippen molar-refractivity contribution in [3.8, 4) is 0 Å². The van der Waals surface area contributed by atoms with Crippen LogP contribution in [0, 0.1) is 5.41 Å². The molecule has 0 fully saturated rings. The highest BCUT2D eigenvalue weighted by Crippen LogP contribution is 2.26. The van der Waals surface area contributed by atoms with E-state index >= 15 is 0 Å². The Balaban J connectivity index is 2.69. The molecule has 0 aromatic heterocycles. The van der Waals surface area contributed by atoms with Crippen LogP contribution < -0.4 is 16.0 Å². The zero-order valence-corrected chi connectivity index (χ0v) is 20.6. The first-order valence-corrected chi connectivity index (χ1v) is 10.9. The highest BCUT2D eigenvalue weighted by Gasteiger charge is 2.21. The van der Waals surface area contributed by atoms with Crippen LogP contribution in [0.3, 0.4) is 0 Å². The minimum Gasteiger partial charge on any atom is -0.469 e. The van der Waals surface area contributed by atoms with Gasteiger partial charge in [0.25, 0.3) is 5.91 Å². The molecule has 0 radical (unpaired) electrons. The van der Waals surface area contributed by atoms with E-state index in [1.54, 1.807) is 32.9 Å². The van der Waals surface area contributed by atoms with Crippen LogP contribution in [0.15, 0.2) is 30.0 Å². The summed E-state index contributed by atoms with van der Waals surface area (Å²) in [4.78, 5) is 36.1. The molecule has 33 heavy (non-hydrogen) atoms. The molecule has 0 heterocycles. The first-order valence-electron chi connectivity index (χ1n) is 10.2. The number of amides is 2. The third-order valence-electron chi connectivity index (χ3n) is 4.03. The van der Waals surface area contributed by atoms with Gasteiger partial charge in [0.1, 0.15) is 5.60 Å². The van der Waals surface area contributed by atoms with Gasteiger partial charge in [-0.25, -0.2) is 4.79 Å². The lowest BCUT2D eigenvalue weighted by Crippen LogP contribution is -2.34. The first-order chi connectivity index (χ1) is 15.4. The number of nitrogens with one attached hydrogen (secondary N) is 4. The van der Waals surface area contributed by atoms with Crippen LogP contribution in [0.1, 0.15) is 45.2 Å². The lowest BCUT2D eigenvalue weighted by Gasteiger charge is -2.19. The second-order valence-electron chi connectivity index (χ2n) is 7.99. The van der Waals surface area contributed by atoms with E-state index in [-0.39, 0.29) is 12.0 Å². The Hall–Kier alpha value is -2.78. The minimum absolute atomic E-state index is 0.0399. The van der Waals surface area contributed by atoms with Crippen molar-refractivity contribution < 1.29 is 23.9 Å². The molecule has 0 unspecified atom stereocenters. The highest BCUT2D eigenvalue weighted by molar-refractivity contribution is 6.34. The summed E-state index contributed by atoms with van der Waals surface area (Å²) in [5.74, 6) is -1.11. The number of carbonyl (C=O) groups is 3. The first kappa shape index (κ1) is 28.3. The molecule has 0 aliphatic carbocycles. The Morgan fingerprint density at radius 3 is 2.30 bits per heavy atom. The van der Waals surface area contributed by atoms with Crippen molar-refractivity contribution in [3.63, 3.8) is 0 Å². The number of alkyl carbamates (subject to hydrolysis) is 1. The summed E-state index contributed by atoms with van der Waals surface area (Å²) < 4.78 is 9.85. The minimum atomic E-state index is -0.762. The van der Waals surface area contributed by atoms with Crippen LogP contribution in [0.2, 0.25) is 10.0 Å². The average Bonchev–Trinajstić information content (AvgIpc) is 2.70. The molecule has 1 atom stereocenters. The molecular formula is C22H30Cl2N4O5. The van der Waals surface area contributed by atoms with Crippen LogP contribution in [-0.2, 0) is 19.1 Å². The molecule has 1 rings (SSSR count). The zero-order valence-electron chi connectivity index (χ0n) is 19.1. The van der Waals surface area contributed by atoms with E-state index in [0.717, 1.165) is 6.21 Å². The van der Waals surface area contributed by atoms with E-state index < -0.39 is 29.6 Å². The number of rotatable bonds is 11. The second kappa shape index (κ2) is 13.7. The summed E-state index contributed by atoms with van der Waals surface area (Å²) in [6.45, 7) is 6.15. The number of carbonyl (C=O) groups excluding carboxylic acids is 3. The fourth-order valence-corrected chi connectivity index (χ4v) is 3.11. The highest BCUT2D eigenvalue weighted by atomic mass is 35.5. The van der Waals surface area contributed by atoms with Crippen LogP contribution in [0.5, 0.6) is 0 Å². The average molecular weight is 501 g/mol. The molecule has 1 aromatic rings. The number of methoxy groups -OCH3 is 1.